The van der Waals surface area contributed by atoms with E-state index in [0.717, 1.165) is 47.1 Å². The monoisotopic (exact) mass is 546 g/mol. The van der Waals surface area contributed by atoms with Crippen molar-refractivity contribution < 1.29 is 14.1 Å². The molecule has 0 radical (unpaired) electrons. The van der Waals surface area contributed by atoms with Gasteiger partial charge in [0.15, 0.2) is 11.5 Å². The third-order valence-electron chi connectivity index (χ3n) is 6.76. The van der Waals surface area contributed by atoms with Gasteiger partial charge >= 0.3 is 0 Å². The van der Waals surface area contributed by atoms with E-state index >= 15 is 0 Å². The molecule has 1 unspecified atom stereocenters. The molecule has 1 atom stereocenters. The largest absolute Gasteiger partial charge is 0.503 e. The van der Waals surface area contributed by atoms with Gasteiger partial charge in [-0.3, -0.25) is 4.98 Å². The molecule has 0 aliphatic heterocycles. The average molecular weight is 547 g/mol. The van der Waals surface area contributed by atoms with Gasteiger partial charge in [0.1, 0.15) is 0 Å². The van der Waals surface area contributed by atoms with Crippen molar-refractivity contribution in [3.05, 3.63) is 41.6 Å². The number of benzene rings is 2. The van der Waals surface area contributed by atoms with Crippen LogP contribution in [-0.2, 0) is 9.73 Å². The number of hydrogen-bond acceptors (Lipinski definition) is 7. The number of nitrogens with zero attached hydrogens (tertiary/aromatic N) is 3. The molecule has 2 aromatic carbocycles. The first-order valence-corrected chi connectivity index (χ1v) is 14.9. The number of anilines is 1. The Bertz CT molecular complexity index is 1350. The molecule has 9 heteroatoms. The number of phenolic OH excluding ortho intramolecular Hbond substituents is 1. The summed E-state index contributed by atoms with van der Waals surface area (Å²) in [5.41, 5.74) is 3.33. The third kappa shape index (κ3) is 7.06. The Labute approximate surface area is 226 Å². The van der Waals surface area contributed by atoms with E-state index < -0.39 is 9.73 Å². The van der Waals surface area contributed by atoms with Gasteiger partial charge < -0.3 is 20.1 Å². The summed E-state index contributed by atoms with van der Waals surface area (Å²) >= 11 is 6.22. The third-order valence-corrected chi connectivity index (χ3v) is 8.87. The van der Waals surface area contributed by atoms with Crippen molar-refractivity contribution in [1.82, 2.24) is 9.88 Å². The maximum absolute atomic E-state index is 13.3. The first-order valence-electron chi connectivity index (χ1n) is 12.6. The lowest BCUT2D eigenvalue weighted by molar-refractivity contribution is 0.374. The van der Waals surface area contributed by atoms with Crippen LogP contribution in [0.25, 0.3) is 22.0 Å². The van der Waals surface area contributed by atoms with Crippen LogP contribution in [0.1, 0.15) is 39.0 Å². The van der Waals surface area contributed by atoms with Gasteiger partial charge in [-0.2, -0.15) is 0 Å². The van der Waals surface area contributed by atoms with Crippen LogP contribution in [0, 0.1) is 0 Å². The zero-order chi connectivity index (χ0) is 27.2. The van der Waals surface area contributed by atoms with Gasteiger partial charge in [0.25, 0.3) is 0 Å². The first kappa shape index (κ1) is 29.0. The molecule has 3 aromatic rings. The molecule has 1 aliphatic rings. The molecule has 1 saturated carbocycles. The second-order valence-electron chi connectivity index (χ2n) is 9.60. The normalized spacial score (nSPS) is 15.6. The molecule has 202 valence electrons. The Hall–Kier alpha value is -2.55. The van der Waals surface area contributed by atoms with Gasteiger partial charge in [-0.25, -0.2) is 8.57 Å². The Kier molecular flexibility index (Phi) is 10.0. The Balaban J connectivity index is 0.000000695. The highest BCUT2D eigenvalue weighted by Crippen LogP contribution is 2.40. The highest BCUT2D eigenvalue weighted by atomic mass is 35.5. The SMILES string of the molecule is CCN(C)C.CN=S(C)(=O)c1cnc2ccc(-c3cc(Cl)c(O)c(OC)c3)cc2c1NC1CCCCC1. The molecule has 0 amide bonds. The number of fused-ring (bicyclic) bond motifs is 1. The van der Waals surface area contributed by atoms with Crippen molar-refractivity contribution in [2.24, 2.45) is 4.36 Å². The van der Waals surface area contributed by atoms with Crippen LogP contribution in [0.15, 0.2) is 45.8 Å². The predicted molar refractivity (Wildman–Crippen MR) is 156 cm³/mol. The number of phenols is 1. The molecule has 7 nitrogen and oxygen atoms in total. The molecule has 0 spiro atoms. The lowest BCUT2D eigenvalue weighted by Crippen LogP contribution is -2.23. The van der Waals surface area contributed by atoms with Crippen LogP contribution in [0.5, 0.6) is 11.5 Å². The number of aromatic nitrogens is 1. The minimum Gasteiger partial charge on any atom is -0.503 e. The fourth-order valence-corrected chi connectivity index (χ4v) is 5.44. The fraction of sp³-hybridized carbons (Fsp3) is 0.464. The number of nitrogens with one attached hydrogen (secondary N) is 1. The Morgan fingerprint density at radius 1 is 1.19 bits per heavy atom. The predicted octanol–water partition coefficient (Wildman–Crippen LogP) is 6.67. The summed E-state index contributed by atoms with van der Waals surface area (Å²) in [6.07, 6.45) is 9.13. The number of rotatable bonds is 6. The first-order chi connectivity index (χ1) is 17.6. The van der Waals surface area contributed by atoms with E-state index in [4.69, 9.17) is 16.3 Å². The van der Waals surface area contributed by atoms with Crippen molar-refractivity contribution in [1.29, 1.82) is 0 Å². The van der Waals surface area contributed by atoms with Gasteiger partial charge in [0, 0.05) is 30.9 Å². The molecular formula is C28H39ClN4O3S. The van der Waals surface area contributed by atoms with Gasteiger partial charge in [0.2, 0.25) is 0 Å². The number of halogens is 1. The van der Waals surface area contributed by atoms with Gasteiger partial charge in [-0.1, -0.05) is 43.9 Å². The van der Waals surface area contributed by atoms with Crippen LogP contribution in [-0.4, -0.2) is 66.3 Å². The molecule has 1 aliphatic carbocycles. The lowest BCUT2D eigenvalue weighted by atomic mass is 9.95. The van der Waals surface area contributed by atoms with Gasteiger partial charge in [0.05, 0.1) is 38.0 Å². The van der Waals surface area contributed by atoms with E-state index in [1.54, 1.807) is 31.6 Å². The quantitative estimate of drug-likeness (QED) is 0.359. The number of aromatic hydroxyl groups is 1. The maximum atomic E-state index is 13.3. The molecule has 0 saturated heterocycles. The highest BCUT2D eigenvalue weighted by Gasteiger charge is 2.21. The Morgan fingerprint density at radius 2 is 1.86 bits per heavy atom. The van der Waals surface area contributed by atoms with Crippen LogP contribution < -0.4 is 10.1 Å². The molecule has 1 heterocycles. The van der Waals surface area contributed by atoms with Gasteiger partial charge in [-0.15, -0.1) is 0 Å². The standard InChI is InChI=1S/C24H28ClN3O3S.C4H11N/c1-26-32(3,30)22-14-27-20-10-9-15(16-12-19(25)24(29)21(13-16)31-2)11-18(20)23(22)28-17-7-5-4-6-8-17;1-4-5(2)3/h9-14,17,29H,4-8H2,1-3H3,(H,27,28);4H2,1-3H3. The number of pyridine rings is 1. The molecule has 1 aromatic heterocycles. The smallest absolute Gasteiger partial charge is 0.176 e. The zero-order valence-corrected chi connectivity index (χ0v) is 24.2. The summed E-state index contributed by atoms with van der Waals surface area (Å²) in [4.78, 5) is 7.33. The van der Waals surface area contributed by atoms with Gasteiger partial charge in [-0.05, 0) is 68.9 Å². The molecule has 0 bridgehead atoms. The van der Waals surface area contributed by atoms with E-state index in [-0.39, 0.29) is 10.8 Å². The second-order valence-corrected chi connectivity index (χ2v) is 12.4. The summed E-state index contributed by atoms with van der Waals surface area (Å²) < 4.78 is 22.7. The summed E-state index contributed by atoms with van der Waals surface area (Å²) in [6, 6.07) is 9.69. The summed E-state index contributed by atoms with van der Waals surface area (Å²) in [5, 5.41) is 14.9. The summed E-state index contributed by atoms with van der Waals surface area (Å²) in [6.45, 7) is 3.26. The van der Waals surface area contributed by atoms with Crippen LogP contribution in [0.3, 0.4) is 0 Å². The van der Waals surface area contributed by atoms with Crippen molar-refractivity contribution in [3.63, 3.8) is 0 Å². The number of ether oxygens (including phenoxy) is 1. The van der Waals surface area contributed by atoms with E-state index in [1.807, 2.05) is 18.2 Å². The van der Waals surface area contributed by atoms with Crippen molar-refractivity contribution in [3.8, 4) is 22.6 Å². The van der Waals surface area contributed by atoms with Crippen molar-refractivity contribution >= 4 is 37.9 Å². The van der Waals surface area contributed by atoms with E-state index in [0.29, 0.717) is 16.7 Å². The minimum atomic E-state index is -2.60. The molecule has 1 fully saturated rings. The van der Waals surface area contributed by atoms with E-state index in [1.165, 1.54) is 26.4 Å². The van der Waals surface area contributed by atoms with Crippen LogP contribution in [0.4, 0.5) is 5.69 Å². The highest BCUT2D eigenvalue weighted by molar-refractivity contribution is 7.93. The minimum absolute atomic E-state index is 0.0856. The lowest BCUT2D eigenvalue weighted by Gasteiger charge is -2.26. The average Bonchev–Trinajstić information content (AvgIpc) is 2.90. The fourth-order valence-electron chi connectivity index (χ4n) is 4.24. The molecule has 2 N–H and O–H groups in total. The second kappa shape index (κ2) is 12.8. The van der Waals surface area contributed by atoms with Crippen LogP contribution in [0.2, 0.25) is 5.02 Å². The Morgan fingerprint density at radius 3 is 2.46 bits per heavy atom. The molecule has 37 heavy (non-hydrogen) atoms. The van der Waals surface area contributed by atoms with E-state index in [2.05, 4.69) is 40.6 Å². The van der Waals surface area contributed by atoms with E-state index in [9.17, 15) is 9.32 Å². The topological polar surface area (TPSA) is 87.1 Å². The summed E-state index contributed by atoms with van der Waals surface area (Å²) in [7, 11) is 4.59. The van der Waals surface area contributed by atoms with Crippen molar-refractivity contribution in [2.75, 3.05) is 46.4 Å². The van der Waals surface area contributed by atoms with Crippen LogP contribution >= 0.6 is 11.6 Å². The maximum Gasteiger partial charge on any atom is 0.176 e. The molecule has 4 rings (SSSR count). The summed E-state index contributed by atoms with van der Waals surface area (Å²) in [5.74, 6) is 0.221. The number of hydrogen-bond donors (Lipinski definition) is 2. The van der Waals surface area contributed by atoms with Crippen molar-refractivity contribution in [2.45, 2.75) is 50.0 Å². The molecular weight excluding hydrogens is 508 g/mol. The number of methoxy groups -OCH3 is 1. The zero-order valence-electron chi connectivity index (χ0n) is 22.7.